The molecule has 6 nitrogen and oxygen atoms in total. The average molecular weight is 563 g/mol. The van der Waals surface area contributed by atoms with E-state index in [0.29, 0.717) is 44.1 Å². The summed E-state index contributed by atoms with van der Waals surface area (Å²) in [7, 11) is 0. The minimum Gasteiger partial charge on any atom is -0.494 e. The van der Waals surface area contributed by atoms with Gasteiger partial charge < -0.3 is 19.9 Å². The maximum atomic E-state index is 13.8. The van der Waals surface area contributed by atoms with Crippen LogP contribution >= 0.6 is 15.9 Å². The molecule has 3 aromatic rings. The standard InChI is InChI=1S/C30H31BrN2O4/c1-2-18-30(29(35)32-19-17-22-9-13-25(31)14-10-22)27(23-7-4-3-5-8-23)37-28(33-30)24-11-15-26(16-12-24)36-21-6-20-34/h2-5,7-16,27,34H,1,6,17-21H2,(H,32,35)/t27-,30-/m1/s1. The second-order valence-electron chi connectivity index (χ2n) is 8.82. The van der Waals surface area contributed by atoms with E-state index in [2.05, 4.69) is 27.8 Å². The number of carbonyl (C=O) groups excluding carboxylic acids is 1. The molecule has 192 valence electrons. The number of amides is 1. The van der Waals surface area contributed by atoms with Crippen LogP contribution in [-0.2, 0) is 16.0 Å². The first-order valence-corrected chi connectivity index (χ1v) is 13.1. The monoisotopic (exact) mass is 562 g/mol. The Morgan fingerprint density at radius 2 is 1.84 bits per heavy atom. The van der Waals surface area contributed by atoms with Gasteiger partial charge in [-0.25, -0.2) is 4.99 Å². The maximum absolute atomic E-state index is 13.8. The maximum Gasteiger partial charge on any atom is 0.252 e. The van der Waals surface area contributed by atoms with Crippen LogP contribution < -0.4 is 10.1 Å². The lowest BCUT2D eigenvalue weighted by atomic mass is 9.84. The summed E-state index contributed by atoms with van der Waals surface area (Å²) in [5.41, 5.74) is 1.57. The molecular weight excluding hydrogens is 532 g/mol. The Labute approximate surface area is 226 Å². The Bertz CT molecular complexity index is 1210. The fraction of sp³-hybridized carbons (Fsp3) is 0.267. The van der Waals surface area contributed by atoms with Crippen molar-refractivity contribution in [3.63, 3.8) is 0 Å². The van der Waals surface area contributed by atoms with Crippen molar-refractivity contribution in [2.24, 2.45) is 4.99 Å². The molecule has 1 aliphatic rings. The highest BCUT2D eigenvalue weighted by Crippen LogP contribution is 2.42. The summed E-state index contributed by atoms with van der Waals surface area (Å²) >= 11 is 3.45. The van der Waals surface area contributed by atoms with Gasteiger partial charge in [-0.2, -0.15) is 0 Å². The highest BCUT2D eigenvalue weighted by Gasteiger charge is 2.52. The molecule has 0 fully saturated rings. The molecule has 0 aliphatic carbocycles. The number of nitrogens with one attached hydrogen (secondary N) is 1. The Kier molecular flexibility index (Phi) is 9.14. The lowest BCUT2D eigenvalue weighted by Crippen LogP contribution is -2.48. The van der Waals surface area contributed by atoms with E-state index in [0.717, 1.165) is 21.2 Å². The first kappa shape index (κ1) is 26.6. The zero-order chi connectivity index (χ0) is 26.1. The van der Waals surface area contributed by atoms with Crippen LogP contribution in [0.2, 0.25) is 0 Å². The van der Waals surface area contributed by atoms with Crippen LogP contribution in [0.5, 0.6) is 5.75 Å². The smallest absolute Gasteiger partial charge is 0.252 e. The minimum absolute atomic E-state index is 0.0835. The van der Waals surface area contributed by atoms with Crippen molar-refractivity contribution in [3.8, 4) is 5.75 Å². The van der Waals surface area contributed by atoms with Crippen molar-refractivity contribution in [2.75, 3.05) is 19.8 Å². The van der Waals surface area contributed by atoms with E-state index in [4.69, 9.17) is 19.6 Å². The number of hydrogen-bond donors (Lipinski definition) is 2. The average Bonchev–Trinajstić information content (AvgIpc) is 3.32. The van der Waals surface area contributed by atoms with Crippen molar-refractivity contribution in [1.82, 2.24) is 5.32 Å². The van der Waals surface area contributed by atoms with Crippen LogP contribution in [0.25, 0.3) is 0 Å². The highest BCUT2D eigenvalue weighted by molar-refractivity contribution is 9.10. The van der Waals surface area contributed by atoms with Gasteiger partial charge in [-0.05, 0) is 53.9 Å². The molecule has 0 aromatic heterocycles. The fourth-order valence-corrected chi connectivity index (χ4v) is 4.55. The summed E-state index contributed by atoms with van der Waals surface area (Å²) in [4.78, 5) is 18.7. The van der Waals surface area contributed by atoms with Gasteiger partial charge in [0, 0.05) is 36.0 Å². The van der Waals surface area contributed by atoms with E-state index in [1.165, 1.54) is 0 Å². The van der Waals surface area contributed by atoms with E-state index in [1.807, 2.05) is 78.9 Å². The molecule has 1 amide bonds. The van der Waals surface area contributed by atoms with Crippen LogP contribution in [0.1, 0.15) is 35.6 Å². The molecule has 1 heterocycles. The van der Waals surface area contributed by atoms with Gasteiger partial charge in [0.15, 0.2) is 11.6 Å². The summed E-state index contributed by atoms with van der Waals surface area (Å²) in [5.74, 6) is 0.899. The van der Waals surface area contributed by atoms with E-state index >= 15 is 0 Å². The molecule has 7 heteroatoms. The van der Waals surface area contributed by atoms with Crippen LogP contribution in [0.15, 0.2) is 101 Å². The van der Waals surface area contributed by atoms with Crippen LogP contribution in [0, 0.1) is 0 Å². The summed E-state index contributed by atoms with van der Waals surface area (Å²) in [6.07, 6.45) is 2.71. The molecule has 2 atom stereocenters. The van der Waals surface area contributed by atoms with Gasteiger partial charge in [0.1, 0.15) is 5.75 Å². The number of hydrogen-bond acceptors (Lipinski definition) is 5. The minimum atomic E-state index is -1.19. The Hall–Kier alpha value is -3.42. The molecule has 37 heavy (non-hydrogen) atoms. The zero-order valence-electron chi connectivity index (χ0n) is 20.6. The number of nitrogens with zero attached hydrogens (tertiary/aromatic N) is 1. The third kappa shape index (κ3) is 6.48. The van der Waals surface area contributed by atoms with E-state index in [1.54, 1.807) is 6.08 Å². The quantitative estimate of drug-likeness (QED) is 0.229. The van der Waals surface area contributed by atoms with Crippen LogP contribution in [0.4, 0.5) is 0 Å². The molecular formula is C30H31BrN2O4. The molecule has 2 N–H and O–H groups in total. The first-order valence-electron chi connectivity index (χ1n) is 12.3. The Balaban J connectivity index is 1.59. The predicted octanol–water partition coefficient (Wildman–Crippen LogP) is 5.40. The van der Waals surface area contributed by atoms with Crippen molar-refractivity contribution in [3.05, 3.63) is 113 Å². The lowest BCUT2D eigenvalue weighted by Gasteiger charge is -2.29. The summed E-state index contributed by atoms with van der Waals surface area (Å²) < 4.78 is 13.1. The largest absolute Gasteiger partial charge is 0.494 e. The van der Waals surface area contributed by atoms with Crippen LogP contribution in [0.3, 0.4) is 0 Å². The number of aliphatic hydroxyl groups is 1. The van der Waals surface area contributed by atoms with Crippen molar-refractivity contribution < 1.29 is 19.4 Å². The molecule has 0 bridgehead atoms. The molecule has 3 aromatic carbocycles. The van der Waals surface area contributed by atoms with Gasteiger partial charge in [-0.15, -0.1) is 6.58 Å². The van der Waals surface area contributed by atoms with Gasteiger partial charge in [0.25, 0.3) is 5.91 Å². The number of halogens is 1. The second-order valence-corrected chi connectivity index (χ2v) is 9.74. The van der Waals surface area contributed by atoms with Gasteiger partial charge >= 0.3 is 0 Å². The van der Waals surface area contributed by atoms with Gasteiger partial charge in [0.05, 0.1) is 6.61 Å². The molecule has 0 saturated carbocycles. The van der Waals surface area contributed by atoms with E-state index in [9.17, 15) is 4.79 Å². The lowest BCUT2D eigenvalue weighted by molar-refractivity contribution is -0.128. The third-order valence-electron chi connectivity index (χ3n) is 6.20. The number of aliphatic hydroxyl groups excluding tert-OH is 1. The molecule has 0 saturated heterocycles. The fourth-order valence-electron chi connectivity index (χ4n) is 4.29. The summed E-state index contributed by atoms with van der Waals surface area (Å²) in [5, 5.41) is 12.1. The van der Waals surface area contributed by atoms with Crippen molar-refractivity contribution in [1.29, 1.82) is 0 Å². The number of rotatable bonds is 12. The highest BCUT2D eigenvalue weighted by atomic mass is 79.9. The van der Waals surface area contributed by atoms with Crippen LogP contribution in [-0.4, -0.2) is 42.2 Å². The topological polar surface area (TPSA) is 80.2 Å². The SMILES string of the molecule is C=CC[C@@]1(C(=O)NCCc2ccc(Br)cc2)N=C(c2ccc(OCCCO)cc2)O[C@@H]1c1ccccc1. The normalized spacial score (nSPS) is 18.5. The first-order chi connectivity index (χ1) is 18.1. The number of benzene rings is 3. The molecule has 0 radical (unpaired) electrons. The molecule has 0 unspecified atom stereocenters. The summed E-state index contributed by atoms with van der Waals surface area (Å²) in [6, 6.07) is 25.2. The Morgan fingerprint density at radius 1 is 1.11 bits per heavy atom. The summed E-state index contributed by atoms with van der Waals surface area (Å²) in [6.45, 7) is 4.92. The zero-order valence-corrected chi connectivity index (χ0v) is 22.2. The van der Waals surface area contributed by atoms with E-state index in [-0.39, 0.29) is 12.5 Å². The second kappa shape index (κ2) is 12.7. The molecule has 4 rings (SSSR count). The van der Waals surface area contributed by atoms with Crippen molar-refractivity contribution >= 4 is 27.7 Å². The number of ether oxygens (including phenoxy) is 2. The van der Waals surface area contributed by atoms with Crippen molar-refractivity contribution in [2.45, 2.75) is 30.9 Å². The van der Waals surface area contributed by atoms with Gasteiger partial charge in [-0.3, -0.25) is 4.79 Å². The molecule has 0 spiro atoms. The number of aliphatic imine (C=N–C) groups is 1. The van der Waals surface area contributed by atoms with Gasteiger partial charge in [-0.1, -0.05) is 64.5 Å². The van der Waals surface area contributed by atoms with Gasteiger partial charge in [0.2, 0.25) is 5.90 Å². The molecule has 1 aliphatic heterocycles. The number of carbonyl (C=O) groups is 1. The van der Waals surface area contributed by atoms with E-state index < -0.39 is 11.6 Å². The Morgan fingerprint density at radius 3 is 2.51 bits per heavy atom. The predicted molar refractivity (Wildman–Crippen MR) is 149 cm³/mol. The third-order valence-corrected chi connectivity index (χ3v) is 6.73.